The van der Waals surface area contributed by atoms with Crippen LogP contribution in [0.5, 0.6) is 0 Å². The smallest absolute Gasteiger partial charge is 0.0702 e. The van der Waals surface area contributed by atoms with Gasteiger partial charge in [0.2, 0.25) is 0 Å². The van der Waals surface area contributed by atoms with E-state index >= 15 is 0 Å². The molecule has 1 saturated carbocycles. The third-order valence-corrected chi connectivity index (χ3v) is 5.10. The van der Waals surface area contributed by atoms with Crippen molar-refractivity contribution >= 4 is 5.69 Å². The Morgan fingerprint density at radius 1 is 1.14 bits per heavy atom. The van der Waals surface area contributed by atoms with E-state index in [2.05, 4.69) is 50.4 Å². The molecule has 116 valence electrons. The van der Waals surface area contributed by atoms with Crippen LogP contribution in [0.3, 0.4) is 0 Å². The molecule has 1 aliphatic carbocycles. The first kappa shape index (κ1) is 14.9. The van der Waals surface area contributed by atoms with Crippen molar-refractivity contribution in [3.8, 4) is 0 Å². The maximum absolute atomic E-state index is 6.15. The van der Waals surface area contributed by atoms with Crippen molar-refractivity contribution in [2.45, 2.75) is 76.4 Å². The van der Waals surface area contributed by atoms with E-state index in [9.17, 15) is 0 Å². The first-order chi connectivity index (χ1) is 9.99. The third-order valence-electron chi connectivity index (χ3n) is 5.10. The van der Waals surface area contributed by atoms with Crippen LogP contribution in [0, 0.1) is 0 Å². The van der Waals surface area contributed by atoms with Gasteiger partial charge < -0.3 is 10.1 Å². The maximum atomic E-state index is 6.15. The van der Waals surface area contributed by atoms with Crippen molar-refractivity contribution in [2.75, 3.05) is 11.9 Å². The summed E-state index contributed by atoms with van der Waals surface area (Å²) in [7, 11) is 0. The summed E-state index contributed by atoms with van der Waals surface area (Å²) in [6, 6.07) is 9.33. The molecule has 2 fully saturated rings. The molecule has 3 rings (SSSR count). The molecule has 2 heteroatoms. The van der Waals surface area contributed by atoms with E-state index in [1.165, 1.54) is 43.4 Å². The highest BCUT2D eigenvalue weighted by Crippen LogP contribution is 2.41. The first-order valence-corrected chi connectivity index (χ1v) is 8.49. The van der Waals surface area contributed by atoms with Gasteiger partial charge in [0.05, 0.1) is 5.60 Å². The predicted octanol–water partition coefficient (Wildman–Crippen LogP) is 4.89. The summed E-state index contributed by atoms with van der Waals surface area (Å²) in [5, 5.41) is 3.83. The molecular formula is C19H29NO. The third kappa shape index (κ3) is 3.26. The Morgan fingerprint density at radius 2 is 1.86 bits per heavy atom. The molecule has 1 N–H and O–H groups in total. The highest BCUT2D eigenvalue weighted by atomic mass is 16.5. The average Bonchev–Trinajstić information content (AvgIpc) is 2.86. The SMILES string of the molecule is CC(C)(C)c1ccccc1NC1CCOC2(CCCC2)C1. The van der Waals surface area contributed by atoms with Gasteiger partial charge in [-0.05, 0) is 42.7 Å². The molecule has 21 heavy (non-hydrogen) atoms. The van der Waals surface area contributed by atoms with Gasteiger partial charge in [0.25, 0.3) is 0 Å². The van der Waals surface area contributed by atoms with E-state index in [-0.39, 0.29) is 11.0 Å². The zero-order valence-electron chi connectivity index (χ0n) is 13.7. The van der Waals surface area contributed by atoms with Crippen LogP contribution in [-0.4, -0.2) is 18.2 Å². The Kier molecular flexibility index (Phi) is 4.00. The maximum Gasteiger partial charge on any atom is 0.0702 e. The largest absolute Gasteiger partial charge is 0.382 e. The molecule has 1 unspecified atom stereocenters. The monoisotopic (exact) mass is 287 g/mol. The Balaban J connectivity index is 1.75. The number of benzene rings is 1. The zero-order chi connectivity index (χ0) is 14.9. The molecule has 2 aliphatic rings. The van der Waals surface area contributed by atoms with Crippen molar-refractivity contribution in [2.24, 2.45) is 0 Å². The number of ether oxygens (including phenoxy) is 1. The molecule has 1 spiro atoms. The Hall–Kier alpha value is -1.02. The minimum absolute atomic E-state index is 0.180. The van der Waals surface area contributed by atoms with Crippen LogP contribution >= 0.6 is 0 Å². The number of hydrogen-bond acceptors (Lipinski definition) is 2. The van der Waals surface area contributed by atoms with E-state index in [4.69, 9.17) is 4.74 Å². The molecule has 1 atom stereocenters. The summed E-state index contributed by atoms with van der Waals surface area (Å²) in [4.78, 5) is 0. The van der Waals surface area contributed by atoms with Crippen LogP contribution in [0.2, 0.25) is 0 Å². The first-order valence-electron chi connectivity index (χ1n) is 8.49. The van der Waals surface area contributed by atoms with Crippen LogP contribution in [0.15, 0.2) is 24.3 Å². The van der Waals surface area contributed by atoms with Gasteiger partial charge in [-0.15, -0.1) is 0 Å². The highest BCUT2D eigenvalue weighted by molar-refractivity contribution is 5.54. The molecule has 0 amide bonds. The molecule has 1 saturated heterocycles. The van der Waals surface area contributed by atoms with E-state index in [0.717, 1.165) is 13.0 Å². The second-order valence-corrected chi connectivity index (χ2v) is 7.87. The van der Waals surface area contributed by atoms with E-state index < -0.39 is 0 Å². The Bertz CT molecular complexity index is 483. The van der Waals surface area contributed by atoms with E-state index in [0.29, 0.717) is 6.04 Å². The molecule has 2 nitrogen and oxygen atoms in total. The van der Waals surface area contributed by atoms with Gasteiger partial charge in [-0.25, -0.2) is 0 Å². The number of para-hydroxylation sites is 1. The van der Waals surface area contributed by atoms with Gasteiger partial charge in [-0.3, -0.25) is 0 Å². The fraction of sp³-hybridized carbons (Fsp3) is 0.684. The number of nitrogens with one attached hydrogen (secondary N) is 1. The minimum Gasteiger partial charge on any atom is -0.382 e. The quantitative estimate of drug-likeness (QED) is 0.836. The number of anilines is 1. The van der Waals surface area contributed by atoms with Crippen molar-refractivity contribution in [3.05, 3.63) is 29.8 Å². The van der Waals surface area contributed by atoms with Gasteiger partial charge in [0.1, 0.15) is 0 Å². The number of rotatable bonds is 2. The number of hydrogen-bond donors (Lipinski definition) is 1. The fourth-order valence-corrected chi connectivity index (χ4v) is 4.00. The second kappa shape index (κ2) is 5.64. The minimum atomic E-state index is 0.180. The summed E-state index contributed by atoms with van der Waals surface area (Å²) in [6.07, 6.45) is 7.49. The van der Waals surface area contributed by atoms with Crippen LogP contribution in [0.4, 0.5) is 5.69 Å². The molecule has 0 radical (unpaired) electrons. The highest BCUT2D eigenvalue weighted by Gasteiger charge is 2.40. The summed E-state index contributed by atoms with van der Waals surface area (Å²) in [6.45, 7) is 7.78. The normalized spacial score (nSPS) is 25.2. The predicted molar refractivity (Wildman–Crippen MR) is 88.9 cm³/mol. The zero-order valence-corrected chi connectivity index (χ0v) is 13.7. The van der Waals surface area contributed by atoms with Gasteiger partial charge in [-0.1, -0.05) is 51.8 Å². The van der Waals surface area contributed by atoms with Crippen LogP contribution in [-0.2, 0) is 10.2 Å². The van der Waals surface area contributed by atoms with Crippen LogP contribution in [0.25, 0.3) is 0 Å². The molecule has 1 aromatic rings. The molecule has 0 aromatic heterocycles. The topological polar surface area (TPSA) is 21.3 Å². The second-order valence-electron chi connectivity index (χ2n) is 7.87. The Labute approximate surface area is 129 Å². The Morgan fingerprint density at radius 3 is 2.57 bits per heavy atom. The lowest BCUT2D eigenvalue weighted by Crippen LogP contribution is -2.42. The van der Waals surface area contributed by atoms with Crippen LogP contribution < -0.4 is 5.32 Å². The van der Waals surface area contributed by atoms with Crippen molar-refractivity contribution in [3.63, 3.8) is 0 Å². The van der Waals surface area contributed by atoms with Gasteiger partial charge in [0, 0.05) is 18.3 Å². The van der Waals surface area contributed by atoms with E-state index in [1.807, 2.05) is 0 Å². The lowest BCUT2D eigenvalue weighted by atomic mass is 9.84. The van der Waals surface area contributed by atoms with Crippen LogP contribution in [0.1, 0.15) is 64.9 Å². The standard InChI is InChI=1S/C19H29NO/c1-18(2,3)16-8-4-5-9-17(16)20-15-10-13-21-19(14-15)11-6-7-12-19/h4-5,8-9,15,20H,6-7,10-14H2,1-3H3. The van der Waals surface area contributed by atoms with Crippen molar-refractivity contribution < 1.29 is 4.74 Å². The van der Waals surface area contributed by atoms with Gasteiger partial charge >= 0.3 is 0 Å². The van der Waals surface area contributed by atoms with Gasteiger partial charge in [0.15, 0.2) is 0 Å². The van der Waals surface area contributed by atoms with Crippen molar-refractivity contribution in [1.29, 1.82) is 0 Å². The summed E-state index contributed by atoms with van der Waals surface area (Å²) in [5.41, 5.74) is 3.09. The van der Waals surface area contributed by atoms with E-state index in [1.54, 1.807) is 0 Å². The van der Waals surface area contributed by atoms with Gasteiger partial charge in [-0.2, -0.15) is 0 Å². The lowest BCUT2D eigenvalue weighted by Gasteiger charge is -2.39. The molecule has 1 heterocycles. The fourth-order valence-electron chi connectivity index (χ4n) is 4.00. The lowest BCUT2D eigenvalue weighted by molar-refractivity contribution is -0.0767. The molecular weight excluding hydrogens is 258 g/mol. The summed E-state index contributed by atoms with van der Waals surface area (Å²) >= 11 is 0. The average molecular weight is 287 g/mol. The summed E-state index contributed by atoms with van der Waals surface area (Å²) in [5.74, 6) is 0. The molecule has 1 aromatic carbocycles. The molecule has 1 aliphatic heterocycles. The summed E-state index contributed by atoms with van der Waals surface area (Å²) < 4.78 is 6.15. The van der Waals surface area contributed by atoms with Crippen molar-refractivity contribution in [1.82, 2.24) is 0 Å². The molecule has 0 bridgehead atoms.